The Morgan fingerprint density at radius 2 is 1.93 bits per heavy atom. The van der Waals surface area contributed by atoms with Crippen molar-refractivity contribution in [3.05, 3.63) is 75.7 Å². The molecule has 0 atom stereocenters. The molecule has 0 aliphatic heterocycles. The minimum atomic E-state index is -4.52. The normalized spacial score (nSPS) is 11.9. The van der Waals surface area contributed by atoms with E-state index in [1.165, 1.54) is 35.0 Å². The molecule has 3 rings (SSSR count). The number of hydrogen-bond donors (Lipinski definition) is 0. The Morgan fingerprint density at radius 1 is 1.24 bits per heavy atom. The minimum absolute atomic E-state index is 0.0508. The van der Waals surface area contributed by atoms with Gasteiger partial charge in [-0.1, -0.05) is 0 Å². The maximum atomic E-state index is 12.7. The van der Waals surface area contributed by atoms with Gasteiger partial charge in [-0.15, -0.1) is 0 Å². The molecule has 0 unspecified atom stereocenters. The van der Waals surface area contributed by atoms with E-state index in [4.69, 9.17) is 0 Å². The van der Waals surface area contributed by atoms with E-state index in [-0.39, 0.29) is 17.0 Å². The number of benzene rings is 1. The number of rotatable bonds is 4. The SMILES string of the molecule is Cn1cc(C=C(C#N)c2ccc(C(F)(F)F)cn2)c(-c2ccc([N+](=O)[O-])cc2)n1. The summed E-state index contributed by atoms with van der Waals surface area (Å²) in [5, 5.41) is 24.6. The highest BCUT2D eigenvalue weighted by Crippen LogP contribution is 2.30. The van der Waals surface area contributed by atoms with Crippen molar-refractivity contribution >= 4 is 17.3 Å². The zero-order valence-corrected chi connectivity index (χ0v) is 14.9. The highest BCUT2D eigenvalue weighted by atomic mass is 19.4. The van der Waals surface area contributed by atoms with Crippen LogP contribution in [0.2, 0.25) is 0 Å². The standard InChI is InChI=1S/C19H12F3N5O2/c1-26-11-14(18(25-26)12-2-5-16(6-3-12)27(28)29)8-13(9-23)17-7-4-15(10-24-17)19(20,21)22/h2-8,10-11H,1H3. The maximum Gasteiger partial charge on any atom is 0.417 e. The van der Waals surface area contributed by atoms with Crippen LogP contribution in [-0.2, 0) is 13.2 Å². The number of pyridine rings is 1. The lowest BCUT2D eigenvalue weighted by Crippen LogP contribution is -2.05. The predicted molar refractivity (Wildman–Crippen MR) is 98.0 cm³/mol. The first-order chi connectivity index (χ1) is 13.7. The van der Waals surface area contributed by atoms with Crippen LogP contribution in [0.1, 0.15) is 16.8 Å². The van der Waals surface area contributed by atoms with Crippen molar-refractivity contribution in [2.24, 2.45) is 7.05 Å². The first kappa shape index (κ1) is 19.8. The van der Waals surface area contributed by atoms with Gasteiger partial charge in [0, 0.05) is 42.7 Å². The molecule has 0 saturated carbocycles. The number of non-ortho nitro benzene ring substituents is 1. The van der Waals surface area contributed by atoms with Gasteiger partial charge in [0.1, 0.15) is 6.07 Å². The van der Waals surface area contributed by atoms with Crippen molar-refractivity contribution in [2.75, 3.05) is 0 Å². The van der Waals surface area contributed by atoms with E-state index >= 15 is 0 Å². The van der Waals surface area contributed by atoms with Gasteiger partial charge in [-0.25, -0.2) is 0 Å². The smallest absolute Gasteiger partial charge is 0.275 e. The molecule has 0 spiro atoms. The maximum absolute atomic E-state index is 12.7. The molecule has 10 heteroatoms. The van der Waals surface area contributed by atoms with Crippen molar-refractivity contribution < 1.29 is 18.1 Å². The fourth-order valence-corrected chi connectivity index (χ4v) is 2.62. The summed E-state index contributed by atoms with van der Waals surface area (Å²) in [6, 6.07) is 9.63. The zero-order chi connectivity index (χ0) is 21.2. The van der Waals surface area contributed by atoms with E-state index in [1.54, 1.807) is 13.2 Å². The lowest BCUT2D eigenvalue weighted by Gasteiger charge is -2.06. The number of hydrogen-bond acceptors (Lipinski definition) is 5. The lowest BCUT2D eigenvalue weighted by atomic mass is 10.0. The average Bonchev–Trinajstić information content (AvgIpc) is 3.06. The van der Waals surface area contributed by atoms with Crippen molar-refractivity contribution in [1.82, 2.24) is 14.8 Å². The third-order valence-corrected chi connectivity index (χ3v) is 4.00. The van der Waals surface area contributed by atoms with Crippen molar-refractivity contribution in [3.63, 3.8) is 0 Å². The molecule has 0 aliphatic carbocycles. The first-order valence-electron chi connectivity index (χ1n) is 8.13. The van der Waals surface area contributed by atoms with Crippen molar-refractivity contribution in [3.8, 4) is 17.3 Å². The molecular weight excluding hydrogens is 387 g/mol. The fraction of sp³-hybridized carbons (Fsp3) is 0.105. The number of nitrogens with zero attached hydrogens (tertiary/aromatic N) is 5. The second-order valence-electron chi connectivity index (χ2n) is 6.01. The molecule has 0 saturated heterocycles. The number of nitriles is 1. The van der Waals surface area contributed by atoms with E-state index in [9.17, 15) is 28.5 Å². The van der Waals surface area contributed by atoms with Crippen LogP contribution in [0, 0.1) is 21.4 Å². The van der Waals surface area contributed by atoms with Crippen LogP contribution < -0.4 is 0 Å². The quantitative estimate of drug-likeness (QED) is 0.366. The third kappa shape index (κ3) is 4.30. The lowest BCUT2D eigenvalue weighted by molar-refractivity contribution is -0.384. The van der Waals surface area contributed by atoms with Gasteiger partial charge in [0.2, 0.25) is 0 Å². The molecule has 146 valence electrons. The molecule has 2 aromatic heterocycles. The largest absolute Gasteiger partial charge is 0.417 e. The molecule has 3 aromatic rings. The number of aryl methyl sites for hydroxylation is 1. The van der Waals surface area contributed by atoms with E-state index in [2.05, 4.69) is 10.1 Å². The van der Waals surface area contributed by atoms with Gasteiger partial charge in [-0.2, -0.15) is 23.5 Å². The van der Waals surface area contributed by atoms with Gasteiger partial charge in [0.25, 0.3) is 5.69 Å². The molecular formula is C19H12F3N5O2. The van der Waals surface area contributed by atoms with Crippen molar-refractivity contribution in [1.29, 1.82) is 5.26 Å². The fourth-order valence-electron chi connectivity index (χ4n) is 2.62. The average molecular weight is 399 g/mol. The highest BCUT2D eigenvalue weighted by Gasteiger charge is 2.30. The van der Waals surface area contributed by atoms with Gasteiger partial charge in [0.05, 0.1) is 27.4 Å². The highest BCUT2D eigenvalue weighted by molar-refractivity contribution is 5.91. The summed E-state index contributed by atoms with van der Waals surface area (Å²) in [5.74, 6) is 0. The number of nitro benzene ring substituents is 1. The van der Waals surface area contributed by atoms with E-state index in [0.717, 1.165) is 12.1 Å². The summed E-state index contributed by atoms with van der Waals surface area (Å²) in [7, 11) is 1.66. The van der Waals surface area contributed by atoms with Crippen LogP contribution in [0.25, 0.3) is 22.9 Å². The van der Waals surface area contributed by atoms with Crippen molar-refractivity contribution in [2.45, 2.75) is 6.18 Å². The van der Waals surface area contributed by atoms with Gasteiger partial charge in [-0.3, -0.25) is 19.8 Å². The van der Waals surface area contributed by atoms with Crippen LogP contribution in [0.15, 0.2) is 48.8 Å². The molecule has 1 aromatic carbocycles. The van der Waals surface area contributed by atoms with Crippen LogP contribution in [0.4, 0.5) is 18.9 Å². The number of alkyl halides is 3. The molecule has 0 aliphatic rings. The Bertz CT molecular complexity index is 1120. The van der Waals surface area contributed by atoms with Crippen LogP contribution in [0.3, 0.4) is 0 Å². The van der Waals surface area contributed by atoms with E-state index < -0.39 is 16.7 Å². The molecule has 2 heterocycles. The molecule has 7 nitrogen and oxygen atoms in total. The Kier molecular flexibility index (Phi) is 5.14. The molecule has 0 bridgehead atoms. The molecule has 0 radical (unpaired) electrons. The van der Waals surface area contributed by atoms with Gasteiger partial charge in [0.15, 0.2) is 0 Å². The molecule has 0 N–H and O–H groups in total. The summed E-state index contributed by atoms with van der Waals surface area (Å²) < 4.78 is 39.6. The van der Waals surface area contributed by atoms with Crippen LogP contribution in [-0.4, -0.2) is 19.7 Å². The zero-order valence-electron chi connectivity index (χ0n) is 14.9. The minimum Gasteiger partial charge on any atom is -0.275 e. The van der Waals surface area contributed by atoms with Gasteiger partial charge in [-0.05, 0) is 30.3 Å². The van der Waals surface area contributed by atoms with E-state index in [0.29, 0.717) is 23.0 Å². The first-order valence-corrected chi connectivity index (χ1v) is 8.13. The Labute approximate surface area is 162 Å². The Morgan fingerprint density at radius 3 is 2.45 bits per heavy atom. The predicted octanol–water partition coefficient (Wildman–Crippen LogP) is 4.47. The number of aromatic nitrogens is 3. The second-order valence-corrected chi connectivity index (χ2v) is 6.01. The number of allylic oxidation sites excluding steroid dienone is 1. The summed E-state index contributed by atoms with van der Waals surface area (Å²) in [5.41, 5.74) is 0.704. The Balaban J connectivity index is 2.01. The number of halogens is 3. The topological polar surface area (TPSA) is 97.6 Å². The van der Waals surface area contributed by atoms with Gasteiger partial charge < -0.3 is 0 Å². The summed E-state index contributed by atoms with van der Waals surface area (Å²) in [6.07, 6.45) is -0.771. The summed E-state index contributed by atoms with van der Waals surface area (Å²) in [4.78, 5) is 14.0. The second kappa shape index (κ2) is 7.55. The van der Waals surface area contributed by atoms with Crippen LogP contribution >= 0.6 is 0 Å². The number of nitro groups is 1. The third-order valence-electron chi connectivity index (χ3n) is 4.00. The molecule has 29 heavy (non-hydrogen) atoms. The monoisotopic (exact) mass is 399 g/mol. The summed E-state index contributed by atoms with van der Waals surface area (Å²) >= 11 is 0. The molecule has 0 fully saturated rings. The van der Waals surface area contributed by atoms with Crippen LogP contribution in [0.5, 0.6) is 0 Å². The Hall–Kier alpha value is -4.00. The molecule has 0 amide bonds. The van der Waals surface area contributed by atoms with E-state index in [1.807, 2.05) is 6.07 Å². The van der Waals surface area contributed by atoms with Gasteiger partial charge >= 0.3 is 6.18 Å². The summed E-state index contributed by atoms with van der Waals surface area (Å²) in [6.45, 7) is 0.